The summed E-state index contributed by atoms with van der Waals surface area (Å²) in [6.07, 6.45) is 5.92. The van der Waals surface area contributed by atoms with Crippen LogP contribution in [0.5, 0.6) is 0 Å². The molecule has 0 aromatic rings. The van der Waals surface area contributed by atoms with Crippen LogP contribution >= 0.6 is 11.8 Å². The largest absolute Gasteiger partial charge is 0.354 e. The lowest BCUT2D eigenvalue weighted by Gasteiger charge is -2.40. The number of nitrogens with one attached hydrogen (secondary N) is 2. The summed E-state index contributed by atoms with van der Waals surface area (Å²) in [6.45, 7) is 1.25. The van der Waals surface area contributed by atoms with Crippen molar-refractivity contribution in [3.05, 3.63) is 0 Å². The molecule has 4 heteroatoms. The molecular formula is C9H18N2OS. The molecule has 13 heavy (non-hydrogen) atoms. The summed E-state index contributed by atoms with van der Waals surface area (Å²) in [5, 5.41) is 5.79. The molecule has 0 heterocycles. The third-order valence-electron chi connectivity index (χ3n) is 2.64. The summed E-state index contributed by atoms with van der Waals surface area (Å²) in [7, 11) is 1.78. The van der Waals surface area contributed by atoms with E-state index in [0.717, 1.165) is 6.54 Å². The van der Waals surface area contributed by atoms with Gasteiger partial charge in [0.2, 0.25) is 5.91 Å². The van der Waals surface area contributed by atoms with Crippen molar-refractivity contribution in [2.75, 3.05) is 26.4 Å². The van der Waals surface area contributed by atoms with Crippen LogP contribution in [0.15, 0.2) is 0 Å². The number of carbonyl (C=O) groups excluding carboxylic acids is 1. The van der Waals surface area contributed by atoms with E-state index in [1.807, 2.05) is 11.8 Å². The Morgan fingerprint density at radius 3 is 2.62 bits per heavy atom. The van der Waals surface area contributed by atoms with E-state index in [0.29, 0.717) is 11.3 Å². The average molecular weight is 202 g/mol. The molecule has 0 bridgehead atoms. The highest BCUT2D eigenvalue weighted by Gasteiger charge is 2.36. The molecule has 3 nitrogen and oxygen atoms in total. The number of carbonyl (C=O) groups is 1. The molecule has 1 aliphatic carbocycles. The lowest BCUT2D eigenvalue weighted by Crippen LogP contribution is -2.46. The van der Waals surface area contributed by atoms with E-state index in [1.165, 1.54) is 19.3 Å². The Morgan fingerprint density at radius 1 is 1.54 bits per heavy atom. The van der Waals surface area contributed by atoms with Crippen molar-refractivity contribution >= 4 is 17.7 Å². The average Bonchev–Trinajstić information content (AvgIpc) is 2.04. The van der Waals surface area contributed by atoms with E-state index >= 15 is 0 Å². The third-order valence-corrected chi connectivity index (χ3v) is 4.06. The zero-order valence-corrected chi connectivity index (χ0v) is 9.17. The minimum Gasteiger partial charge on any atom is -0.354 e. The first-order chi connectivity index (χ1) is 6.22. The Kier molecular flexibility index (Phi) is 4.06. The molecular weight excluding hydrogens is 184 g/mol. The minimum atomic E-state index is 0.0998. The highest BCUT2D eigenvalue weighted by Crippen LogP contribution is 2.41. The van der Waals surface area contributed by atoms with Crippen molar-refractivity contribution < 1.29 is 4.79 Å². The fourth-order valence-electron chi connectivity index (χ4n) is 1.51. The molecule has 1 saturated carbocycles. The van der Waals surface area contributed by atoms with Crippen LogP contribution in [-0.2, 0) is 4.79 Å². The van der Waals surface area contributed by atoms with Gasteiger partial charge in [0.05, 0.1) is 6.54 Å². The van der Waals surface area contributed by atoms with E-state index in [2.05, 4.69) is 16.9 Å². The van der Waals surface area contributed by atoms with E-state index in [-0.39, 0.29) is 5.91 Å². The number of likely N-dealkylation sites (N-methyl/N-ethyl adjacent to an activating group) is 1. The van der Waals surface area contributed by atoms with Gasteiger partial charge in [-0.05, 0) is 26.1 Å². The topological polar surface area (TPSA) is 41.1 Å². The summed E-state index contributed by atoms with van der Waals surface area (Å²) in [5.74, 6) is 0.0998. The van der Waals surface area contributed by atoms with Crippen LogP contribution in [0, 0.1) is 0 Å². The van der Waals surface area contributed by atoms with Crippen molar-refractivity contribution in [3.63, 3.8) is 0 Å². The quantitative estimate of drug-likeness (QED) is 0.686. The molecule has 1 rings (SSSR count). The monoisotopic (exact) mass is 202 g/mol. The Morgan fingerprint density at radius 2 is 2.23 bits per heavy atom. The highest BCUT2D eigenvalue weighted by atomic mass is 32.2. The smallest absolute Gasteiger partial charge is 0.233 e. The van der Waals surface area contributed by atoms with Crippen LogP contribution in [0.3, 0.4) is 0 Å². The summed E-state index contributed by atoms with van der Waals surface area (Å²) >= 11 is 1.88. The fourth-order valence-corrected chi connectivity index (χ4v) is 2.42. The zero-order chi connectivity index (χ0) is 9.73. The van der Waals surface area contributed by atoms with Crippen molar-refractivity contribution in [2.45, 2.75) is 24.0 Å². The summed E-state index contributed by atoms with van der Waals surface area (Å²) in [5.41, 5.74) is 0. The summed E-state index contributed by atoms with van der Waals surface area (Å²) < 4.78 is 0.351. The van der Waals surface area contributed by atoms with E-state index < -0.39 is 0 Å². The van der Waals surface area contributed by atoms with Crippen LogP contribution in [-0.4, -0.2) is 37.0 Å². The molecule has 76 valence electrons. The van der Waals surface area contributed by atoms with Gasteiger partial charge in [-0.1, -0.05) is 6.42 Å². The van der Waals surface area contributed by atoms with Gasteiger partial charge in [0.15, 0.2) is 0 Å². The van der Waals surface area contributed by atoms with E-state index in [4.69, 9.17) is 0 Å². The van der Waals surface area contributed by atoms with Crippen molar-refractivity contribution in [1.82, 2.24) is 10.6 Å². The van der Waals surface area contributed by atoms with Gasteiger partial charge in [0, 0.05) is 11.3 Å². The Bertz CT molecular complexity index is 175. The Labute approximate surface area is 84.0 Å². The maximum atomic E-state index is 11.2. The molecule has 0 saturated heterocycles. The van der Waals surface area contributed by atoms with Crippen LogP contribution < -0.4 is 10.6 Å². The van der Waals surface area contributed by atoms with Gasteiger partial charge >= 0.3 is 0 Å². The second-order valence-corrected chi connectivity index (χ2v) is 4.82. The molecule has 0 aromatic heterocycles. The first-order valence-electron chi connectivity index (χ1n) is 4.69. The van der Waals surface area contributed by atoms with Crippen LogP contribution in [0.4, 0.5) is 0 Å². The number of thioether (sulfide) groups is 1. The maximum Gasteiger partial charge on any atom is 0.233 e. The minimum absolute atomic E-state index is 0.0998. The van der Waals surface area contributed by atoms with Crippen LogP contribution in [0.1, 0.15) is 19.3 Å². The molecule has 0 spiro atoms. The molecule has 0 aliphatic heterocycles. The summed E-state index contributed by atoms with van der Waals surface area (Å²) in [6, 6.07) is 0. The maximum absolute atomic E-state index is 11.2. The van der Waals surface area contributed by atoms with E-state index in [1.54, 1.807) is 7.05 Å². The van der Waals surface area contributed by atoms with Crippen molar-refractivity contribution in [1.29, 1.82) is 0 Å². The third kappa shape index (κ3) is 2.88. The second-order valence-electron chi connectivity index (χ2n) is 3.55. The molecule has 0 aromatic carbocycles. The molecule has 2 N–H and O–H groups in total. The van der Waals surface area contributed by atoms with E-state index in [9.17, 15) is 4.79 Å². The first-order valence-corrected chi connectivity index (χ1v) is 5.91. The zero-order valence-electron chi connectivity index (χ0n) is 8.35. The SMILES string of the molecule is CNCC(=O)NCC1(SC)CCC1. The first kappa shape index (κ1) is 10.9. The van der Waals surface area contributed by atoms with Crippen molar-refractivity contribution in [3.8, 4) is 0 Å². The highest BCUT2D eigenvalue weighted by molar-refractivity contribution is 8.00. The molecule has 1 fully saturated rings. The lowest BCUT2D eigenvalue weighted by atomic mass is 9.84. The number of hydrogen-bond acceptors (Lipinski definition) is 3. The fraction of sp³-hybridized carbons (Fsp3) is 0.889. The number of hydrogen-bond donors (Lipinski definition) is 2. The van der Waals surface area contributed by atoms with Gasteiger partial charge < -0.3 is 10.6 Å². The van der Waals surface area contributed by atoms with Gasteiger partial charge in [-0.3, -0.25) is 4.79 Å². The Hall–Kier alpha value is -0.220. The molecule has 0 unspecified atom stereocenters. The van der Waals surface area contributed by atoms with Crippen LogP contribution in [0.2, 0.25) is 0 Å². The number of rotatable bonds is 5. The van der Waals surface area contributed by atoms with Gasteiger partial charge in [-0.25, -0.2) is 0 Å². The van der Waals surface area contributed by atoms with Gasteiger partial charge in [0.1, 0.15) is 0 Å². The standard InChI is InChI=1S/C9H18N2OS/c1-10-6-8(12)11-7-9(13-2)4-3-5-9/h10H,3-7H2,1-2H3,(H,11,12). The normalized spacial score (nSPS) is 19.2. The van der Waals surface area contributed by atoms with Crippen LogP contribution in [0.25, 0.3) is 0 Å². The molecule has 1 aliphatic rings. The van der Waals surface area contributed by atoms with Gasteiger partial charge in [0.25, 0.3) is 0 Å². The lowest BCUT2D eigenvalue weighted by molar-refractivity contribution is -0.120. The number of amides is 1. The Balaban J connectivity index is 2.20. The molecule has 0 radical (unpaired) electrons. The van der Waals surface area contributed by atoms with Crippen molar-refractivity contribution in [2.24, 2.45) is 0 Å². The van der Waals surface area contributed by atoms with Gasteiger partial charge in [-0.15, -0.1) is 0 Å². The van der Waals surface area contributed by atoms with Gasteiger partial charge in [-0.2, -0.15) is 11.8 Å². The summed E-state index contributed by atoms with van der Waals surface area (Å²) in [4.78, 5) is 11.2. The molecule has 1 amide bonds. The molecule has 0 atom stereocenters. The predicted molar refractivity (Wildman–Crippen MR) is 57.0 cm³/mol. The second kappa shape index (κ2) is 4.86. The predicted octanol–water partition coefficient (Wildman–Crippen LogP) is 0.608.